The summed E-state index contributed by atoms with van der Waals surface area (Å²) in [5.41, 5.74) is 3.45. The number of piperidine rings is 1. The van der Waals surface area contributed by atoms with E-state index in [1.807, 2.05) is 26.0 Å². The van der Waals surface area contributed by atoms with Gasteiger partial charge in [-0.3, -0.25) is 4.79 Å². The van der Waals surface area contributed by atoms with E-state index in [4.69, 9.17) is 0 Å². The van der Waals surface area contributed by atoms with Crippen LogP contribution in [0.3, 0.4) is 0 Å². The predicted molar refractivity (Wildman–Crippen MR) is 101 cm³/mol. The first-order chi connectivity index (χ1) is 12.1. The summed E-state index contributed by atoms with van der Waals surface area (Å²) in [5.74, 6) is 0.473. The second kappa shape index (κ2) is 7.64. The Balaban J connectivity index is 1.79. The molecule has 1 saturated heterocycles. The highest BCUT2D eigenvalue weighted by molar-refractivity contribution is 6.03. The summed E-state index contributed by atoms with van der Waals surface area (Å²) < 4.78 is 0. The van der Waals surface area contributed by atoms with Gasteiger partial charge >= 0.3 is 0 Å². The second-order valence-electron chi connectivity index (χ2n) is 6.77. The molecule has 1 amide bonds. The number of anilines is 2. The number of aromatic nitrogens is 2. The molecule has 0 radical (unpaired) electrons. The Morgan fingerprint density at radius 1 is 1.28 bits per heavy atom. The maximum atomic E-state index is 12.6. The third-order valence-electron chi connectivity index (χ3n) is 4.86. The molecule has 1 unspecified atom stereocenters. The van der Waals surface area contributed by atoms with Crippen LogP contribution in [-0.4, -0.2) is 28.5 Å². The Bertz CT molecular complexity index is 759. The molecule has 132 valence electrons. The van der Waals surface area contributed by atoms with Gasteiger partial charge in [-0.05, 0) is 57.2 Å². The van der Waals surface area contributed by atoms with Crippen molar-refractivity contribution in [3.05, 3.63) is 47.3 Å². The number of carbonyl (C=O) groups is 1. The monoisotopic (exact) mass is 338 g/mol. The lowest BCUT2D eigenvalue weighted by Crippen LogP contribution is -2.40. The molecule has 5 heteroatoms. The average molecular weight is 338 g/mol. The van der Waals surface area contributed by atoms with E-state index in [1.54, 1.807) is 12.3 Å². The lowest BCUT2D eigenvalue weighted by Gasteiger charge is -2.35. The number of amides is 1. The summed E-state index contributed by atoms with van der Waals surface area (Å²) in [6, 6.07) is 8.12. The Morgan fingerprint density at radius 3 is 2.88 bits per heavy atom. The van der Waals surface area contributed by atoms with Crippen molar-refractivity contribution < 1.29 is 4.79 Å². The molecule has 0 aliphatic carbocycles. The molecule has 1 atom stereocenters. The van der Waals surface area contributed by atoms with Crippen molar-refractivity contribution in [3.63, 3.8) is 0 Å². The summed E-state index contributed by atoms with van der Waals surface area (Å²) in [4.78, 5) is 23.8. The average Bonchev–Trinajstić information content (AvgIpc) is 2.64. The van der Waals surface area contributed by atoms with Crippen LogP contribution in [-0.2, 0) is 0 Å². The van der Waals surface area contributed by atoms with E-state index in [1.165, 1.54) is 18.4 Å². The molecule has 2 heterocycles. The summed E-state index contributed by atoms with van der Waals surface area (Å²) in [6.07, 6.45) is 6.32. The quantitative estimate of drug-likeness (QED) is 0.911. The van der Waals surface area contributed by atoms with Gasteiger partial charge in [0.2, 0.25) is 5.95 Å². The Labute approximate surface area is 149 Å². The first-order valence-corrected chi connectivity index (χ1v) is 9.06. The molecular formula is C20H26N4O. The van der Waals surface area contributed by atoms with E-state index in [0.29, 0.717) is 17.7 Å². The zero-order valence-corrected chi connectivity index (χ0v) is 15.2. The lowest BCUT2D eigenvalue weighted by atomic mass is 10.0. The molecular weight excluding hydrogens is 312 g/mol. The number of nitrogens with one attached hydrogen (secondary N) is 1. The summed E-state index contributed by atoms with van der Waals surface area (Å²) >= 11 is 0. The number of carbonyl (C=O) groups excluding carboxylic acids is 1. The number of aryl methyl sites for hydroxylation is 2. The van der Waals surface area contributed by atoms with Crippen molar-refractivity contribution in [1.29, 1.82) is 0 Å². The highest BCUT2D eigenvalue weighted by atomic mass is 16.1. The number of rotatable bonds is 4. The Morgan fingerprint density at radius 2 is 2.12 bits per heavy atom. The molecule has 1 N–H and O–H groups in total. The van der Waals surface area contributed by atoms with Gasteiger partial charge < -0.3 is 10.2 Å². The van der Waals surface area contributed by atoms with Crippen LogP contribution in [0.4, 0.5) is 11.6 Å². The highest BCUT2D eigenvalue weighted by Gasteiger charge is 2.23. The van der Waals surface area contributed by atoms with E-state index in [2.05, 4.69) is 33.2 Å². The van der Waals surface area contributed by atoms with Crippen LogP contribution in [0.15, 0.2) is 30.5 Å². The van der Waals surface area contributed by atoms with Crippen molar-refractivity contribution in [3.8, 4) is 0 Å². The largest absolute Gasteiger partial charge is 0.338 e. The molecule has 5 nitrogen and oxygen atoms in total. The van der Waals surface area contributed by atoms with Crippen LogP contribution in [0.1, 0.15) is 54.2 Å². The van der Waals surface area contributed by atoms with Crippen molar-refractivity contribution in [2.75, 3.05) is 16.8 Å². The van der Waals surface area contributed by atoms with Gasteiger partial charge in [-0.25, -0.2) is 9.97 Å². The predicted octanol–water partition coefficient (Wildman–Crippen LogP) is 4.11. The minimum Gasteiger partial charge on any atom is -0.338 e. The zero-order chi connectivity index (χ0) is 17.8. The van der Waals surface area contributed by atoms with Crippen molar-refractivity contribution in [2.45, 2.75) is 52.5 Å². The molecule has 1 aliphatic heterocycles. The van der Waals surface area contributed by atoms with Gasteiger partial charge in [0.25, 0.3) is 5.91 Å². The Hall–Kier alpha value is -2.43. The van der Waals surface area contributed by atoms with Crippen LogP contribution in [0.25, 0.3) is 0 Å². The fourth-order valence-electron chi connectivity index (χ4n) is 3.44. The topological polar surface area (TPSA) is 58.1 Å². The van der Waals surface area contributed by atoms with Crippen LogP contribution < -0.4 is 10.2 Å². The maximum absolute atomic E-state index is 12.6. The molecule has 0 spiro atoms. The molecule has 1 aliphatic rings. The number of hydrogen-bond acceptors (Lipinski definition) is 4. The van der Waals surface area contributed by atoms with Gasteiger partial charge in [0, 0.05) is 24.5 Å². The minimum atomic E-state index is -0.194. The van der Waals surface area contributed by atoms with E-state index < -0.39 is 0 Å². The first-order valence-electron chi connectivity index (χ1n) is 9.06. The lowest BCUT2D eigenvalue weighted by molar-refractivity contribution is 0.102. The molecule has 1 fully saturated rings. The van der Waals surface area contributed by atoms with Gasteiger partial charge in [-0.2, -0.15) is 0 Å². The number of benzene rings is 1. The van der Waals surface area contributed by atoms with Crippen molar-refractivity contribution >= 4 is 17.5 Å². The van der Waals surface area contributed by atoms with Crippen molar-refractivity contribution in [1.82, 2.24) is 9.97 Å². The number of nitrogens with zero attached hydrogens (tertiary/aromatic N) is 3. The van der Waals surface area contributed by atoms with Crippen molar-refractivity contribution in [2.24, 2.45) is 0 Å². The van der Waals surface area contributed by atoms with E-state index in [0.717, 1.165) is 30.6 Å². The first kappa shape index (κ1) is 17.4. The molecule has 2 aromatic rings. The molecule has 1 aromatic heterocycles. The van der Waals surface area contributed by atoms with Gasteiger partial charge in [-0.15, -0.1) is 0 Å². The van der Waals surface area contributed by atoms with Crippen LogP contribution in [0.2, 0.25) is 0 Å². The van der Waals surface area contributed by atoms with Crippen LogP contribution >= 0.6 is 0 Å². The van der Waals surface area contributed by atoms with Gasteiger partial charge in [-0.1, -0.05) is 24.6 Å². The minimum absolute atomic E-state index is 0.194. The molecule has 1 aromatic carbocycles. The van der Waals surface area contributed by atoms with E-state index in [-0.39, 0.29) is 5.91 Å². The highest BCUT2D eigenvalue weighted by Crippen LogP contribution is 2.24. The third-order valence-corrected chi connectivity index (χ3v) is 4.86. The second-order valence-corrected chi connectivity index (χ2v) is 6.77. The molecule has 0 bridgehead atoms. The van der Waals surface area contributed by atoms with Crippen LogP contribution in [0, 0.1) is 13.8 Å². The van der Waals surface area contributed by atoms with Crippen LogP contribution in [0.5, 0.6) is 0 Å². The fraction of sp³-hybridized carbons (Fsp3) is 0.450. The fourth-order valence-corrected chi connectivity index (χ4v) is 3.44. The molecule has 25 heavy (non-hydrogen) atoms. The normalized spacial score (nSPS) is 17.4. The molecule has 0 saturated carbocycles. The summed E-state index contributed by atoms with van der Waals surface area (Å²) in [7, 11) is 0. The number of hydrogen-bond donors (Lipinski definition) is 1. The molecule has 3 rings (SSSR count). The van der Waals surface area contributed by atoms with Gasteiger partial charge in [0.1, 0.15) is 5.69 Å². The Kier molecular flexibility index (Phi) is 5.31. The maximum Gasteiger partial charge on any atom is 0.274 e. The smallest absolute Gasteiger partial charge is 0.274 e. The third kappa shape index (κ3) is 3.98. The zero-order valence-electron chi connectivity index (χ0n) is 15.2. The summed E-state index contributed by atoms with van der Waals surface area (Å²) in [5, 5.41) is 2.96. The van der Waals surface area contributed by atoms with E-state index in [9.17, 15) is 4.79 Å². The van der Waals surface area contributed by atoms with Gasteiger partial charge in [0.05, 0.1) is 0 Å². The van der Waals surface area contributed by atoms with E-state index >= 15 is 0 Å². The SMILES string of the molecule is CCC1CCCCN1c1nccc(C(=O)Nc2ccc(C)cc2C)n1. The standard InChI is InChI=1S/C20H26N4O/c1-4-16-7-5-6-12-24(16)20-21-11-10-18(23-20)19(25)22-17-9-8-14(2)13-15(17)3/h8-11,13,16H,4-7,12H2,1-3H3,(H,22,25). The van der Waals surface area contributed by atoms with Gasteiger partial charge in [0.15, 0.2) is 0 Å². The summed E-state index contributed by atoms with van der Waals surface area (Å²) in [6.45, 7) is 7.19.